The molecular formula is C33H50F3N5O3. The zero-order chi connectivity index (χ0) is 32.4. The summed E-state index contributed by atoms with van der Waals surface area (Å²) < 4.78 is 37.7. The lowest BCUT2D eigenvalue weighted by atomic mass is 10.1. The van der Waals surface area contributed by atoms with Crippen molar-refractivity contribution in [1.29, 1.82) is 0 Å². The molecule has 0 bridgehead atoms. The van der Waals surface area contributed by atoms with E-state index in [-0.39, 0.29) is 24.6 Å². The number of nitrogens with one attached hydrogen (secondary N) is 2. The molecule has 2 aromatic rings. The second kappa shape index (κ2) is 20.0. The van der Waals surface area contributed by atoms with E-state index < -0.39 is 17.6 Å². The van der Waals surface area contributed by atoms with E-state index in [1.165, 1.54) is 17.8 Å². The van der Waals surface area contributed by atoms with E-state index in [4.69, 9.17) is 10.1 Å². The Labute approximate surface area is 260 Å². The van der Waals surface area contributed by atoms with Crippen molar-refractivity contribution in [1.82, 2.24) is 20.5 Å². The van der Waals surface area contributed by atoms with Crippen LogP contribution in [0.1, 0.15) is 87.3 Å². The zero-order valence-corrected chi connectivity index (χ0v) is 26.5. The predicted octanol–water partition coefficient (Wildman–Crippen LogP) is 5.45. The number of rotatable bonds is 16. The highest BCUT2D eigenvalue weighted by Crippen LogP contribution is 2.29. The number of amides is 2. The molecule has 1 aromatic heterocycles. The quantitative estimate of drug-likeness (QED) is 0.231. The van der Waals surface area contributed by atoms with Crippen molar-refractivity contribution in [2.45, 2.75) is 84.4 Å². The molecule has 1 saturated heterocycles. The number of pyridine rings is 1. The Morgan fingerprint density at radius 2 is 1.70 bits per heavy atom. The Balaban J connectivity index is 0.000000308. The minimum Gasteiger partial charge on any atom is -0.396 e. The SMILES string of the molecule is CCCN(CCC)c1cccc(CCCC(CCO)NCC)n1.O=C(NCC(=O)N1CCCC1)c1cccc(C(F)(F)F)c1. The number of hydrogen-bond donors (Lipinski definition) is 3. The summed E-state index contributed by atoms with van der Waals surface area (Å²) in [6.07, 6.45) is 3.72. The van der Waals surface area contributed by atoms with Crippen LogP contribution in [0.3, 0.4) is 0 Å². The van der Waals surface area contributed by atoms with Gasteiger partial charge in [0.15, 0.2) is 0 Å². The number of carbonyl (C=O) groups is 2. The first kappa shape index (κ1) is 37.0. The van der Waals surface area contributed by atoms with Crippen LogP contribution in [-0.2, 0) is 17.4 Å². The minimum atomic E-state index is -4.50. The largest absolute Gasteiger partial charge is 0.416 e. The van der Waals surface area contributed by atoms with Crippen LogP contribution in [0.5, 0.6) is 0 Å². The van der Waals surface area contributed by atoms with Gasteiger partial charge in [-0.1, -0.05) is 32.9 Å². The van der Waals surface area contributed by atoms with E-state index in [1.807, 2.05) is 0 Å². The highest BCUT2D eigenvalue weighted by atomic mass is 19.4. The van der Waals surface area contributed by atoms with Gasteiger partial charge in [-0.15, -0.1) is 0 Å². The van der Waals surface area contributed by atoms with Crippen molar-refractivity contribution in [2.24, 2.45) is 0 Å². The number of hydrogen-bond acceptors (Lipinski definition) is 6. The van der Waals surface area contributed by atoms with E-state index in [0.717, 1.165) is 89.0 Å². The summed E-state index contributed by atoms with van der Waals surface area (Å²) in [5.74, 6) is 0.214. The predicted molar refractivity (Wildman–Crippen MR) is 169 cm³/mol. The third-order valence-electron chi connectivity index (χ3n) is 7.37. The van der Waals surface area contributed by atoms with Crippen molar-refractivity contribution < 1.29 is 27.9 Å². The van der Waals surface area contributed by atoms with Gasteiger partial charge in [-0.3, -0.25) is 9.59 Å². The maximum absolute atomic E-state index is 12.6. The molecule has 0 radical (unpaired) electrons. The highest BCUT2D eigenvalue weighted by Gasteiger charge is 2.31. The van der Waals surface area contributed by atoms with E-state index >= 15 is 0 Å². The van der Waals surface area contributed by atoms with Crippen LogP contribution in [0, 0.1) is 0 Å². The number of nitrogens with zero attached hydrogens (tertiary/aromatic N) is 3. The van der Waals surface area contributed by atoms with Gasteiger partial charge in [0.25, 0.3) is 5.91 Å². The average Bonchev–Trinajstić information content (AvgIpc) is 3.55. The summed E-state index contributed by atoms with van der Waals surface area (Å²) in [4.78, 5) is 32.4. The lowest BCUT2D eigenvalue weighted by molar-refractivity contribution is -0.137. The molecule has 1 aliphatic heterocycles. The molecule has 1 atom stereocenters. The van der Waals surface area contributed by atoms with Crippen molar-refractivity contribution in [3.8, 4) is 0 Å². The van der Waals surface area contributed by atoms with E-state index in [9.17, 15) is 22.8 Å². The number of halogens is 3. The molecule has 246 valence electrons. The normalized spacial score (nSPS) is 13.7. The summed E-state index contributed by atoms with van der Waals surface area (Å²) in [5, 5.41) is 14.9. The third-order valence-corrected chi connectivity index (χ3v) is 7.37. The van der Waals surface area contributed by atoms with Crippen LogP contribution in [0.2, 0.25) is 0 Å². The molecule has 44 heavy (non-hydrogen) atoms. The zero-order valence-electron chi connectivity index (χ0n) is 26.5. The number of benzene rings is 1. The smallest absolute Gasteiger partial charge is 0.396 e. The van der Waals surface area contributed by atoms with Crippen LogP contribution in [0.4, 0.5) is 19.0 Å². The van der Waals surface area contributed by atoms with Crippen LogP contribution in [-0.4, -0.2) is 78.7 Å². The number of alkyl halides is 3. The molecule has 3 rings (SSSR count). The second-order valence-corrected chi connectivity index (χ2v) is 11.0. The molecule has 2 heterocycles. The molecule has 11 heteroatoms. The van der Waals surface area contributed by atoms with Gasteiger partial charge >= 0.3 is 6.18 Å². The number of anilines is 1. The summed E-state index contributed by atoms with van der Waals surface area (Å²) in [7, 11) is 0. The summed E-state index contributed by atoms with van der Waals surface area (Å²) >= 11 is 0. The van der Waals surface area contributed by atoms with Gasteiger partial charge in [0.1, 0.15) is 5.82 Å². The van der Waals surface area contributed by atoms with E-state index in [1.54, 1.807) is 4.90 Å². The molecule has 0 spiro atoms. The Bertz CT molecular complexity index is 1110. The lowest BCUT2D eigenvalue weighted by Gasteiger charge is -2.23. The lowest BCUT2D eigenvalue weighted by Crippen LogP contribution is -2.38. The van der Waals surface area contributed by atoms with Gasteiger partial charge in [0.05, 0.1) is 12.1 Å². The Morgan fingerprint density at radius 1 is 1.02 bits per heavy atom. The fourth-order valence-corrected chi connectivity index (χ4v) is 5.16. The average molecular weight is 622 g/mol. The van der Waals surface area contributed by atoms with Gasteiger partial charge in [-0.2, -0.15) is 13.2 Å². The third kappa shape index (κ3) is 13.2. The van der Waals surface area contributed by atoms with Crippen molar-refractivity contribution in [3.05, 3.63) is 59.3 Å². The Kier molecular flexibility index (Phi) is 16.8. The Hall–Kier alpha value is -3.18. The first-order valence-electron chi connectivity index (χ1n) is 15.9. The molecule has 0 aliphatic carbocycles. The van der Waals surface area contributed by atoms with Gasteiger partial charge in [-0.25, -0.2) is 4.98 Å². The molecule has 0 saturated carbocycles. The van der Waals surface area contributed by atoms with E-state index in [2.05, 4.69) is 54.5 Å². The maximum Gasteiger partial charge on any atom is 0.416 e. The van der Waals surface area contributed by atoms with Crippen molar-refractivity contribution in [2.75, 3.05) is 50.8 Å². The number of likely N-dealkylation sites (tertiary alicyclic amines) is 1. The molecule has 1 unspecified atom stereocenters. The summed E-state index contributed by atoms with van der Waals surface area (Å²) in [6, 6.07) is 10.9. The fourth-order valence-electron chi connectivity index (χ4n) is 5.16. The number of aliphatic hydroxyl groups excluding tert-OH is 1. The fraction of sp³-hybridized carbons (Fsp3) is 0.606. The monoisotopic (exact) mass is 621 g/mol. The molecular weight excluding hydrogens is 571 g/mol. The minimum absolute atomic E-state index is 0.112. The van der Waals surface area contributed by atoms with Gasteiger partial charge in [0, 0.05) is 50.1 Å². The molecule has 1 aromatic carbocycles. The van der Waals surface area contributed by atoms with Crippen LogP contribution < -0.4 is 15.5 Å². The van der Waals surface area contributed by atoms with Crippen LogP contribution >= 0.6 is 0 Å². The second-order valence-electron chi connectivity index (χ2n) is 11.0. The first-order chi connectivity index (χ1) is 21.1. The van der Waals surface area contributed by atoms with Crippen molar-refractivity contribution >= 4 is 17.6 Å². The van der Waals surface area contributed by atoms with Crippen molar-refractivity contribution in [3.63, 3.8) is 0 Å². The van der Waals surface area contributed by atoms with Crippen LogP contribution in [0.25, 0.3) is 0 Å². The topological polar surface area (TPSA) is 97.8 Å². The highest BCUT2D eigenvalue weighted by molar-refractivity contribution is 5.96. The van der Waals surface area contributed by atoms with E-state index in [0.29, 0.717) is 19.1 Å². The number of aliphatic hydroxyl groups is 1. The van der Waals surface area contributed by atoms with Crippen LogP contribution in [0.15, 0.2) is 42.5 Å². The first-order valence-corrected chi connectivity index (χ1v) is 15.9. The summed E-state index contributed by atoms with van der Waals surface area (Å²) in [5.41, 5.74) is 0.180. The van der Waals surface area contributed by atoms with Gasteiger partial charge < -0.3 is 25.5 Å². The maximum atomic E-state index is 12.6. The molecule has 2 amide bonds. The number of carbonyl (C=O) groups excluding carboxylic acids is 2. The Morgan fingerprint density at radius 3 is 2.32 bits per heavy atom. The van der Waals surface area contributed by atoms with Gasteiger partial charge in [0.2, 0.25) is 5.91 Å². The molecule has 1 fully saturated rings. The molecule has 8 nitrogen and oxygen atoms in total. The summed E-state index contributed by atoms with van der Waals surface area (Å²) in [6.45, 7) is 11.0. The standard InChI is InChI=1S/C19H35N3O.C14H15F3N2O2/c1-4-14-22(15-5-2)19-12-8-11-18(21-19)10-7-9-17(13-16-23)20-6-3;15-14(16,17)11-5-3-4-10(8-11)13(21)18-9-12(20)19-6-1-2-7-19/h8,11-12,17,20,23H,4-7,9-10,13-16H2,1-3H3;3-5,8H,1-2,6-7,9H2,(H,18,21). The number of aryl methyl sites for hydroxylation is 1. The molecule has 3 N–H and O–H groups in total. The van der Waals surface area contributed by atoms with Gasteiger partial charge in [-0.05, 0) is 88.2 Å². The molecule has 1 aliphatic rings. The number of aromatic nitrogens is 1.